The lowest BCUT2D eigenvalue weighted by molar-refractivity contribution is 0.119. The van der Waals surface area contributed by atoms with Gasteiger partial charge in [0.2, 0.25) is 0 Å². The Labute approximate surface area is 118 Å². The van der Waals surface area contributed by atoms with Crippen LogP contribution in [0.2, 0.25) is 0 Å². The minimum absolute atomic E-state index is 0.0913. The summed E-state index contributed by atoms with van der Waals surface area (Å²) in [6, 6.07) is 4.41. The van der Waals surface area contributed by atoms with Gasteiger partial charge in [0.05, 0.1) is 11.5 Å². The second kappa shape index (κ2) is 7.66. The lowest BCUT2D eigenvalue weighted by Gasteiger charge is -2.27. The zero-order valence-corrected chi connectivity index (χ0v) is 12.0. The zero-order valence-electron chi connectivity index (χ0n) is 11.1. The van der Waals surface area contributed by atoms with Gasteiger partial charge in [-0.1, -0.05) is 24.7 Å². The highest BCUT2D eigenvalue weighted by Crippen LogP contribution is 2.22. The first kappa shape index (κ1) is 14.5. The second-order valence-electron chi connectivity index (χ2n) is 4.88. The van der Waals surface area contributed by atoms with Crippen molar-refractivity contribution in [3.63, 3.8) is 0 Å². The van der Waals surface area contributed by atoms with Crippen molar-refractivity contribution in [1.29, 1.82) is 0 Å². The Morgan fingerprint density at radius 1 is 1.26 bits per heavy atom. The molecule has 1 atom stereocenters. The van der Waals surface area contributed by atoms with E-state index >= 15 is 0 Å². The van der Waals surface area contributed by atoms with E-state index in [4.69, 9.17) is 5.11 Å². The first-order chi connectivity index (χ1) is 9.33. The summed E-state index contributed by atoms with van der Waals surface area (Å²) in [5.74, 6) is 5.61. The summed E-state index contributed by atoms with van der Waals surface area (Å²) < 4.78 is 0. The Morgan fingerprint density at radius 3 is 2.95 bits per heavy atom. The van der Waals surface area contributed by atoms with Crippen LogP contribution in [0.3, 0.4) is 0 Å². The molecule has 0 saturated carbocycles. The molecule has 2 heterocycles. The lowest BCUT2D eigenvalue weighted by atomic mass is 10.1. The molecule has 1 aliphatic rings. The normalized spacial score (nSPS) is 20.6. The van der Waals surface area contributed by atoms with Crippen LogP contribution in [0.5, 0.6) is 0 Å². The predicted molar refractivity (Wildman–Crippen MR) is 78.0 cm³/mol. The van der Waals surface area contributed by atoms with Crippen LogP contribution < -0.4 is 0 Å². The van der Waals surface area contributed by atoms with Gasteiger partial charge in [-0.2, -0.15) is 0 Å². The van der Waals surface area contributed by atoms with Crippen LogP contribution in [0.15, 0.2) is 12.1 Å². The molecule has 3 nitrogen and oxygen atoms in total. The predicted octanol–water partition coefficient (Wildman–Crippen LogP) is 1.83. The average molecular weight is 279 g/mol. The molecule has 0 bridgehead atoms. The molecule has 0 spiro atoms. The molecule has 0 aromatic carbocycles. The van der Waals surface area contributed by atoms with E-state index in [9.17, 15) is 5.11 Å². The van der Waals surface area contributed by atoms with Gasteiger partial charge in [-0.05, 0) is 31.5 Å². The summed E-state index contributed by atoms with van der Waals surface area (Å²) in [5.41, 5.74) is 0. The van der Waals surface area contributed by atoms with E-state index in [2.05, 4.69) is 22.8 Å². The quantitative estimate of drug-likeness (QED) is 0.830. The Balaban J connectivity index is 1.99. The third-order valence-electron chi connectivity index (χ3n) is 3.52. The zero-order chi connectivity index (χ0) is 13.5. The number of aliphatic hydroxyl groups is 2. The van der Waals surface area contributed by atoms with Crippen molar-refractivity contribution in [2.45, 2.75) is 38.3 Å². The SMILES string of the molecule is OCC#Cc1ccc(CN2CCCCCC2CO)s1. The average Bonchev–Trinajstić information content (AvgIpc) is 2.74. The fourth-order valence-corrected chi connectivity index (χ4v) is 3.42. The number of hydrogen-bond donors (Lipinski definition) is 2. The van der Waals surface area contributed by atoms with Crippen molar-refractivity contribution < 1.29 is 10.2 Å². The van der Waals surface area contributed by atoms with Gasteiger partial charge < -0.3 is 10.2 Å². The summed E-state index contributed by atoms with van der Waals surface area (Å²) in [6.45, 7) is 2.13. The number of thiophene rings is 1. The summed E-state index contributed by atoms with van der Waals surface area (Å²) in [7, 11) is 0. The van der Waals surface area contributed by atoms with E-state index in [1.54, 1.807) is 11.3 Å². The highest BCUT2D eigenvalue weighted by Gasteiger charge is 2.20. The number of aliphatic hydroxyl groups excluding tert-OH is 2. The van der Waals surface area contributed by atoms with Crippen LogP contribution >= 0.6 is 11.3 Å². The molecule has 1 fully saturated rings. The molecule has 19 heavy (non-hydrogen) atoms. The third-order valence-corrected chi connectivity index (χ3v) is 4.51. The van der Waals surface area contributed by atoms with Gasteiger partial charge in [0.15, 0.2) is 0 Å². The van der Waals surface area contributed by atoms with Crippen molar-refractivity contribution in [2.24, 2.45) is 0 Å². The van der Waals surface area contributed by atoms with Crippen LogP contribution in [0.1, 0.15) is 35.4 Å². The lowest BCUT2D eigenvalue weighted by Crippen LogP contribution is -2.36. The fourth-order valence-electron chi connectivity index (χ4n) is 2.51. The van der Waals surface area contributed by atoms with E-state index in [-0.39, 0.29) is 13.2 Å². The second-order valence-corrected chi connectivity index (χ2v) is 6.05. The topological polar surface area (TPSA) is 43.7 Å². The van der Waals surface area contributed by atoms with E-state index < -0.39 is 0 Å². The molecule has 1 unspecified atom stereocenters. The first-order valence-electron chi connectivity index (χ1n) is 6.87. The maximum atomic E-state index is 9.50. The third kappa shape index (κ3) is 4.32. The maximum Gasteiger partial charge on any atom is 0.104 e. The summed E-state index contributed by atoms with van der Waals surface area (Å²) >= 11 is 1.68. The van der Waals surface area contributed by atoms with Gasteiger partial charge in [0.1, 0.15) is 6.61 Å². The van der Waals surface area contributed by atoms with Gasteiger partial charge in [-0.15, -0.1) is 11.3 Å². The molecule has 1 saturated heterocycles. The van der Waals surface area contributed by atoms with E-state index in [1.165, 1.54) is 24.1 Å². The first-order valence-corrected chi connectivity index (χ1v) is 7.68. The number of likely N-dealkylation sites (tertiary alicyclic amines) is 1. The van der Waals surface area contributed by atoms with Gasteiger partial charge >= 0.3 is 0 Å². The van der Waals surface area contributed by atoms with Crippen molar-refractivity contribution >= 4 is 11.3 Å². The summed E-state index contributed by atoms with van der Waals surface area (Å²) in [4.78, 5) is 4.67. The van der Waals surface area contributed by atoms with Crippen LogP contribution in [0.4, 0.5) is 0 Å². The van der Waals surface area contributed by atoms with Gasteiger partial charge in [0.25, 0.3) is 0 Å². The molecular formula is C15H21NO2S. The van der Waals surface area contributed by atoms with Crippen LogP contribution in [0.25, 0.3) is 0 Å². The minimum atomic E-state index is -0.0913. The molecule has 1 aromatic rings. The van der Waals surface area contributed by atoms with E-state index in [0.29, 0.717) is 6.04 Å². The maximum absolute atomic E-state index is 9.50. The standard InChI is InChI=1S/C15H21NO2S/c17-10-4-6-14-7-8-15(19-14)11-16-9-3-1-2-5-13(16)12-18/h7-8,13,17-18H,1-3,5,9-12H2. The smallest absolute Gasteiger partial charge is 0.104 e. The van der Waals surface area contributed by atoms with Gasteiger partial charge in [-0.3, -0.25) is 4.90 Å². The fraction of sp³-hybridized carbons (Fsp3) is 0.600. The molecule has 1 aliphatic heterocycles. The van der Waals surface area contributed by atoms with Gasteiger partial charge in [0, 0.05) is 17.5 Å². The van der Waals surface area contributed by atoms with E-state index in [0.717, 1.165) is 24.4 Å². The van der Waals surface area contributed by atoms with Crippen molar-refractivity contribution in [3.05, 3.63) is 21.9 Å². The number of hydrogen-bond acceptors (Lipinski definition) is 4. The van der Waals surface area contributed by atoms with Crippen molar-refractivity contribution in [2.75, 3.05) is 19.8 Å². The van der Waals surface area contributed by atoms with Crippen molar-refractivity contribution in [1.82, 2.24) is 4.90 Å². The summed E-state index contributed by atoms with van der Waals surface area (Å²) in [6.07, 6.45) is 4.81. The number of rotatable bonds is 3. The summed E-state index contributed by atoms with van der Waals surface area (Å²) in [5, 5.41) is 18.2. The molecule has 104 valence electrons. The van der Waals surface area contributed by atoms with Gasteiger partial charge in [-0.25, -0.2) is 0 Å². The van der Waals surface area contributed by atoms with Crippen molar-refractivity contribution in [3.8, 4) is 11.8 Å². The molecule has 0 radical (unpaired) electrons. The highest BCUT2D eigenvalue weighted by molar-refractivity contribution is 7.12. The molecule has 2 N–H and O–H groups in total. The monoisotopic (exact) mass is 279 g/mol. The van der Waals surface area contributed by atoms with Crippen LogP contribution in [0, 0.1) is 11.8 Å². The minimum Gasteiger partial charge on any atom is -0.395 e. The molecule has 4 heteroatoms. The van der Waals surface area contributed by atoms with Crippen LogP contribution in [-0.4, -0.2) is 40.9 Å². The van der Waals surface area contributed by atoms with Crippen LogP contribution in [-0.2, 0) is 6.54 Å². The largest absolute Gasteiger partial charge is 0.395 e. The Hall–Kier alpha value is -0.860. The Morgan fingerprint density at radius 2 is 2.16 bits per heavy atom. The highest BCUT2D eigenvalue weighted by atomic mass is 32.1. The number of nitrogens with zero attached hydrogens (tertiary/aromatic N) is 1. The molecule has 1 aromatic heterocycles. The molecule has 0 amide bonds. The Bertz CT molecular complexity index is 446. The Kier molecular flexibility index (Phi) is 5.87. The van der Waals surface area contributed by atoms with E-state index in [1.807, 2.05) is 6.07 Å². The molecular weight excluding hydrogens is 258 g/mol. The molecule has 2 rings (SSSR count). The molecule has 0 aliphatic carbocycles.